The Kier molecular flexibility index (Phi) is 2.43. The van der Waals surface area contributed by atoms with E-state index in [1.165, 1.54) is 0 Å². The van der Waals surface area contributed by atoms with Gasteiger partial charge in [0.1, 0.15) is 0 Å². The highest BCUT2D eigenvalue weighted by molar-refractivity contribution is 5.84. The summed E-state index contributed by atoms with van der Waals surface area (Å²) < 4.78 is 0. The third-order valence-corrected chi connectivity index (χ3v) is 2.49. The van der Waals surface area contributed by atoms with Gasteiger partial charge in [-0.25, -0.2) is 4.79 Å². The van der Waals surface area contributed by atoms with Crippen LogP contribution >= 0.6 is 0 Å². The van der Waals surface area contributed by atoms with Gasteiger partial charge in [-0.1, -0.05) is 18.2 Å². The van der Waals surface area contributed by atoms with Gasteiger partial charge in [0, 0.05) is 23.5 Å². The van der Waals surface area contributed by atoms with Crippen molar-refractivity contribution in [1.29, 1.82) is 0 Å². The fourth-order valence-corrected chi connectivity index (χ4v) is 1.65. The SMILES string of the molecule is [NH3+][C@H](Cc1c[nH]c2ccccc12)C(=O)O. The molecule has 0 unspecified atom stereocenters. The van der Waals surface area contributed by atoms with Gasteiger partial charge < -0.3 is 15.8 Å². The Morgan fingerprint density at radius 1 is 1.47 bits per heavy atom. The van der Waals surface area contributed by atoms with Crippen molar-refractivity contribution in [3.05, 3.63) is 36.0 Å². The van der Waals surface area contributed by atoms with Crippen LogP contribution in [0.2, 0.25) is 0 Å². The molecule has 0 fully saturated rings. The number of hydrogen-bond donors (Lipinski definition) is 3. The van der Waals surface area contributed by atoms with Gasteiger partial charge in [0.2, 0.25) is 0 Å². The van der Waals surface area contributed by atoms with E-state index >= 15 is 0 Å². The van der Waals surface area contributed by atoms with Crippen molar-refractivity contribution in [2.24, 2.45) is 0 Å². The van der Waals surface area contributed by atoms with Crippen LogP contribution in [0.3, 0.4) is 0 Å². The summed E-state index contributed by atoms with van der Waals surface area (Å²) >= 11 is 0. The Morgan fingerprint density at radius 3 is 2.93 bits per heavy atom. The molecule has 0 saturated carbocycles. The summed E-state index contributed by atoms with van der Waals surface area (Å²) in [6.45, 7) is 0. The lowest BCUT2D eigenvalue weighted by molar-refractivity contribution is -0.407. The minimum absolute atomic E-state index is 0.458. The molecule has 4 heteroatoms. The molecule has 1 aromatic heterocycles. The summed E-state index contributed by atoms with van der Waals surface area (Å²) in [5, 5.41) is 9.86. The van der Waals surface area contributed by atoms with Gasteiger partial charge in [-0.2, -0.15) is 0 Å². The van der Waals surface area contributed by atoms with E-state index in [0.29, 0.717) is 6.42 Å². The quantitative estimate of drug-likeness (QED) is 0.678. The molecule has 0 radical (unpaired) electrons. The van der Waals surface area contributed by atoms with Gasteiger partial charge in [0.25, 0.3) is 0 Å². The number of carboxylic acids is 1. The molecule has 1 heterocycles. The number of aromatic nitrogens is 1. The maximum atomic E-state index is 10.7. The second-order valence-electron chi connectivity index (χ2n) is 3.60. The van der Waals surface area contributed by atoms with Crippen molar-refractivity contribution in [1.82, 2.24) is 4.98 Å². The fourth-order valence-electron chi connectivity index (χ4n) is 1.65. The van der Waals surface area contributed by atoms with Gasteiger partial charge in [-0.3, -0.25) is 0 Å². The molecule has 5 N–H and O–H groups in total. The number of nitrogens with one attached hydrogen (secondary N) is 1. The number of carboxylic acid groups (broad SMARTS) is 1. The number of para-hydroxylation sites is 1. The third-order valence-electron chi connectivity index (χ3n) is 2.49. The Labute approximate surface area is 86.7 Å². The molecule has 0 bridgehead atoms. The molecule has 0 aliphatic carbocycles. The van der Waals surface area contributed by atoms with Crippen LogP contribution in [0.1, 0.15) is 5.56 Å². The highest BCUT2D eigenvalue weighted by Gasteiger charge is 2.17. The van der Waals surface area contributed by atoms with Crippen LogP contribution < -0.4 is 5.73 Å². The molecule has 78 valence electrons. The van der Waals surface area contributed by atoms with E-state index < -0.39 is 12.0 Å². The number of fused-ring (bicyclic) bond motifs is 1. The first kappa shape index (κ1) is 9.73. The second-order valence-corrected chi connectivity index (χ2v) is 3.60. The summed E-state index contributed by atoms with van der Waals surface area (Å²) in [5.41, 5.74) is 5.65. The van der Waals surface area contributed by atoms with Crippen molar-refractivity contribution in [2.75, 3.05) is 0 Å². The number of quaternary nitrogens is 1. The maximum Gasteiger partial charge on any atom is 0.362 e. The molecule has 0 saturated heterocycles. The van der Waals surface area contributed by atoms with E-state index in [2.05, 4.69) is 10.7 Å². The van der Waals surface area contributed by atoms with Crippen molar-refractivity contribution in [3.8, 4) is 0 Å². The molecule has 15 heavy (non-hydrogen) atoms. The van der Waals surface area contributed by atoms with Crippen LogP contribution in [-0.2, 0) is 11.2 Å². The summed E-state index contributed by atoms with van der Waals surface area (Å²) in [7, 11) is 0. The topological polar surface area (TPSA) is 80.7 Å². The average Bonchev–Trinajstić information content (AvgIpc) is 2.62. The largest absolute Gasteiger partial charge is 0.477 e. The summed E-state index contributed by atoms with van der Waals surface area (Å²) in [5.74, 6) is -0.861. The maximum absolute atomic E-state index is 10.7. The normalized spacial score (nSPS) is 12.9. The van der Waals surface area contributed by atoms with Crippen LogP contribution in [-0.4, -0.2) is 22.1 Å². The third kappa shape index (κ3) is 1.85. The molecule has 2 rings (SSSR count). The molecular weight excluding hydrogens is 192 g/mol. The van der Waals surface area contributed by atoms with Crippen molar-refractivity contribution >= 4 is 16.9 Å². The lowest BCUT2D eigenvalue weighted by Crippen LogP contribution is -2.65. The summed E-state index contributed by atoms with van der Waals surface area (Å²) in [4.78, 5) is 13.8. The number of H-pyrrole nitrogens is 1. The average molecular weight is 205 g/mol. The molecule has 0 aliphatic heterocycles. The van der Waals surface area contributed by atoms with Crippen molar-refractivity contribution in [3.63, 3.8) is 0 Å². The van der Waals surface area contributed by atoms with E-state index in [-0.39, 0.29) is 0 Å². The summed E-state index contributed by atoms with van der Waals surface area (Å²) in [6, 6.07) is 7.25. The summed E-state index contributed by atoms with van der Waals surface area (Å²) in [6.07, 6.45) is 2.31. The predicted molar refractivity (Wildman–Crippen MR) is 56.3 cm³/mol. The monoisotopic (exact) mass is 205 g/mol. The highest BCUT2D eigenvalue weighted by atomic mass is 16.4. The lowest BCUT2D eigenvalue weighted by atomic mass is 10.1. The minimum atomic E-state index is -0.861. The predicted octanol–water partition coefficient (Wildman–Crippen LogP) is 0.405. The molecule has 1 aromatic carbocycles. The van der Waals surface area contributed by atoms with Crippen LogP contribution in [0.5, 0.6) is 0 Å². The lowest BCUT2D eigenvalue weighted by Gasteiger charge is -2.01. The molecule has 0 spiro atoms. The highest BCUT2D eigenvalue weighted by Crippen LogP contribution is 2.18. The van der Waals surface area contributed by atoms with E-state index in [1.807, 2.05) is 30.5 Å². The fraction of sp³-hybridized carbons (Fsp3) is 0.182. The van der Waals surface area contributed by atoms with E-state index in [9.17, 15) is 4.79 Å². The first-order valence-corrected chi connectivity index (χ1v) is 4.79. The standard InChI is InChI=1S/C11H12N2O2/c12-9(11(14)15)5-7-6-13-10-4-2-1-3-8(7)10/h1-4,6,9,13H,5,12H2,(H,14,15)/p+1/t9-/m1/s1. The van der Waals surface area contributed by atoms with Crippen LogP contribution in [0.15, 0.2) is 30.5 Å². The van der Waals surface area contributed by atoms with Crippen molar-refractivity contribution in [2.45, 2.75) is 12.5 Å². The zero-order chi connectivity index (χ0) is 10.8. The van der Waals surface area contributed by atoms with Crippen LogP contribution in [0.25, 0.3) is 10.9 Å². The second kappa shape index (κ2) is 3.74. The Hall–Kier alpha value is -1.81. The number of rotatable bonds is 3. The molecular formula is C11H13N2O2+. The number of benzene rings is 1. The van der Waals surface area contributed by atoms with Gasteiger partial charge in [0.05, 0.1) is 0 Å². The zero-order valence-corrected chi connectivity index (χ0v) is 8.23. The molecule has 0 amide bonds. The van der Waals surface area contributed by atoms with E-state index in [1.54, 1.807) is 0 Å². The number of aliphatic carboxylic acids is 1. The Bertz CT molecular complexity index is 490. The van der Waals surface area contributed by atoms with E-state index in [4.69, 9.17) is 5.11 Å². The molecule has 2 aromatic rings. The van der Waals surface area contributed by atoms with E-state index in [0.717, 1.165) is 16.5 Å². The molecule has 1 atom stereocenters. The first-order chi connectivity index (χ1) is 7.18. The van der Waals surface area contributed by atoms with Crippen LogP contribution in [0, 0.1) is 0 Å². The molecule has 4 nitrogen and oxygen atoms in total. The van der Waals surface area contributed by atoms with Gasteiger partial charge in [0.15, 0.2) is 6.04 Å². The van der Waals surface area contributed by atoms with Crippen LogP contribution in [0.4, 0.5) is 0 Å². The van der Waals surface area contributed by atoms with Gasteiger partial charge in [-0.15, -0.1) is 0 Å². The minimum Gasteiger partial charge on any atom is -0.477 e. The smallest absolute Gasteiger partial charge is 0.362 e. The number of aromatic amines is 1. The Balaban J connectivity index is 2.32. The Morgan fingerprint density at radius 2 is 2.20 bits per heavy atom. The molecule has 0 aliphatic rings. The van der Waals surface area contributed by atoms with Gasteiger partial charge >= 0.3 is 5.97 Å². The van der Waals surface area contributed by atoms with Crippen molar-refractivity contribution < 1.29 is 15.6 Å². The number of carbonyl (C=O) groups is 1. The van der Waals surface area contributed by atoms with Gasteiger partial charge in [-0.05, 0) is 11.6 Å². The zero-order valence-electron chi connectivity index (χ0n) is 8.23. The number of hydrogen-bond acceptors (Lipinski definition) is 1. The first-order valence-electron chi connectivity index (χ1n) is 4.79.